The molecule has 28 heavy (non-hydrogen) atoms. The first-order valence-corrected chi connectivity index (χ1v) is 10.4. The highest BCUT2D eigenvalue weighted by molar-refractivity contribution is 9.10. The third kappa shape index (κ3) is 6.17. The minimum atomic E-state index is -0.275. The first kappa shape index (κ1) is 20.6. The third-order valence-electron chi connectivity index (χ3n) is 4.88. The van der Waals surface area contributed by atoms with Crippen molar-refractivity contribution in [1.29, 1.82) is 0 Å². The average Bonchev–Trinajstić information content (AvgIpc) is 2.68. The molecule has 1 unspecified atom stereocenters. The van der Waals surface area contributed by atoms with Gasteiger partial charge in [0.05, 0.1) is 6.54 Å². The lowest BCUT2D eigenvalue weighted by Crippen LogP contribution is -2.33. The maximum Gasteiger partial charge on any atom is 0.251 e. The molecule has 0 saturated carbocycles. The van der Waals surface area contributed by atoms with Crippen molar-refractivity contribution in [2.75, 3.05) is 25.0 Å². The Labute approximate surface area is 174 Å². The van der Waals surface area contributed by atoms with Crippen molar-refractivity contribution in [2.24, 2.45) is 5.92 Å². The summed E-state index contributed by atoms with van der Waals surface area (Å²) in [6.45, 7) is 5.48. The number of anilines is 1. The minimum Gasteiger partial charge on any atom is -0.343 e. The van der Waals surface area contributed by atoms with Gasteiger partial charge in [-0.2, -0.15) is 0 Å². The number of nitrogens with one attached hydrogen (secondary N) is 2. The molecular weight excluding hydrogens is 418 g/mol. The van der Waals surface area contributed by atoms with Crippen LogP contribution in [0, 0.1) is 5.92 Å². The van der Waals surface area contributed by atoms with Crippen LogP contribution in [0.4, 0.5) is 5.69 Å². The summed E-state index contributed by atoms with van der Waals surface area (Å²) in [4.78, 5) is 26.7. The van der Waals surface area contributed by atoms with Crippen LogP contribution < -0.4 is 10.6 Å². The van der Waals surface area contributed by atoms with Crippen molar-refractivity contribution in [3.05, 3.63) is 64.1 Å². The standard InChI is InChI=1S/C22H26BrN3O2/c1-16-4-3-11-26(14-16)15-17-7-9-20(10-8-17)25-21(27)13-24-22(28)18-5-2-6-19(23)12-18/h2,5-10,12,16H,3-4,11,13-15H2,1H3,(H,24,28)(H,25,27). The van der Waals surface area contributed by atoms with Crippen LogP contribution in [0.2, 0.25) is 0 Å². The molecule has 5 nitrogen and oxygen atoms in total. The number of carbonyl (C=O) groups is 2. The number of nitrogens with zero attached hydrogens (tertiary/aromatic N) is 1. The molecule has 1 heterocycles. The van der Waals surface area contributed by atoms with E-state index in [9.17, 15) is 9.59 Å². The molecule has 3 rings (SSSR count). The van der Waals surface area contributed by atoms with Crippen LogP contribution in [0.25, 0.3) is 0 Å². The maximum atomic E-state index is 12.1. The molecule has 6 heteroatoms. The minimum absolute atomic E-state index is 0.0707. The lowest BCUT2D eigenvalue weighted by Gasteiger charge is -2.30. The number of benzene rings is 2. The fourth-order valence-corrected chi connectivity index (χ4v) is 3.88. The average molecular weight is 444 g/mol. The zero-order valence-corrected chi connectivity index (χ0v) is 17.7. The van der Waals surface area contributed by atoms with Gasteiger partial charge >= 0.3 is 0 Å². The zero-order chi connectivity index (χ0) is 19.9. The first-order chi connectivity index (χ1) is 13.5. The van der Waals surface area contributed by atoms with Gasteiger partial charge in [-0.15, -0.1) is 0 Å². The molecule has 1 atom stereocenters. The Morgan fingerprint density at radius 2 is 1.96 bits per heavy atom. The van der Waals surface area contributed by atoms with Crippen molar-refractivity contribution >= 4 is 33.4 Å². The van der Waals surface area contributed by atoms with Crippen molar-refractivity contribution in [3.63, 3.8) is 0 Å². The van der Waals surface area contributed by atoms with Crippen LogP contribution >= 0.6 is 15.9 Å². The van der Waals surface area contributed by atoms with E-state index in [0.717, 1.165) is 35.7 Å². The van der Waals surface area contributed by atoms with Gasteiger partial charge in [-0.1, -0.05) is 41.1 Å². The molecule has 148 valence electrons. The number of likely N-dealkylation sites (tertiary alicyclic amines) is 1. The van der Waals surface area contributed by atoms with Crippen LogP contribution in [0.15, 0.2) is 53.0 Å². The third-order valence-corrected chi connectivity index (χ3v) is 5.37. The van der Waals surface area contributed by atoms with Gasteiger partial charge in [-0.3, -0.25) is 14.5 Å². The SMILES string of the molecule is CC1CCCN(Cc2ccc(NC(=O)CNC(=O)c3cccc(Br)c3)cc2)C1. The molecule has 0 bridgehead atoms. The number of carbonyl (C=O) groups excluding carboxylic acids is 2. The Balaban J connectivity index is 1.45. The second kappa shape index (κ2) is 9.85. The number of hydrogen-bond acceptors (Lipinski definition) is 3. The van der Waals surface area contributed by atoms with E-state index < -0.39 is 0 Å². The number of piperidine rings is 1. The van der Waals surface area contributed by atoms with Crippen molar-refractivity contribution in [3.8, 4) is 0 Å². The molecule has 1 fully saturated rings. The molecule has 1 aliphatic heterocycles. The fraction of sp³-hybridized carbons (Fsp3) is 0.364. The highest BCUT2D eigenvalue weighted by atomic mass is 79.9. The zero-order valence-electron chi connectivity index (χ0n) is 16.1. The van der Waals surface area contributed by atoms with Gasteiger partial charge in [0.25, 0.3) is 5.91 Å². The van der Waals surface area contributed by atoms with Gasteiger partial charge in [-0.25, -0.2) is 0 Å². The van der Waals surface area contributed by atoms with Crippen LogP contribution in [-0.2, 0) is 11.3 Å². The molecule has 2 aromatic carbocycles. The molecule has 1 saturated heterocycles. The van der Waals surface area contributed by atoms with E-state index in [2.05, 4.69) is 50.5 Å². The number of amides is 2. The number of hydrogen-bond donors (Lipinski definition) is 2. The molecule has 0 spiro atoms. The van der Waals surface area contributed by atoms with E-state index in [1.807, 2.05) is 18.2 Å². The highest BCUT2D eigenvalue weighted by Crippen LogP contribution is 2.19. The van der Waals surface area contributed by atoms with E-state index in [1.165, 1.54) is 18.4 Å². The van der Waals surface area contributed by atoms with E-state index >= 15 is 0 Å². The molecule has 2 aromatic rings. The van der Waals surface area contributed by atoms with Gasteiger partial charge in [-0.05, 0) is 61.2 Å². The summed E-state index contributed by atoms with van der Waals surface area (Å²) in [7, 11) is 0. The van der Waals surface area contributed by atoms with Gasteiger partial charge in [0.15, 0.2) is 0 Å². The monoisotopic (exact) mass is 443 g/mol. The van der Waals surface area contributed by atoms with Gasteiger partial charge in [0, 0.05) is 28.8 Å². The Morgan fingerprint density at radius 3 is 2.68 bits per heavy atom. The summed E-state index contributed by atoms with van der Waals surface area (Å²) < 4.78 is 0.823. The lowest BCUT2D eigenvalue weighted by molar-refractivity contribution is -0.115. The lowest BCUT2D eigenvalue weighted by atomic mass is 10.00. The summed E-state index contributed by atoms with van der Waals surface area (Å²) in [6, 6.07) is 15.0. The molecular formula is C22H26BrN3O2. The van der Waals surface area contributed by atoms with Gasteiger partial charge in [0.1, 0.15) is 0 Å². The Bertz CT molecular complexity index is 823. The predicted molar refractivity (Wildman–Crippen MR) is 115 cm³/mol. The van der Waals surface area contributed by atoms with Crippen molar-refractivity contribution < 1.29 is 9.59 Å². The summed E-state index contributed by atoms with van der Waals surface area (Å²) >= 11 is 3.33. The molecule has 2 N–H and O–H groups in total. The quantitative estimate of drug-likeness (QED) is 0.707. The van der Waals surface area contributed by atoms with Crippen LogP contribution in [0.1, 0.15) is 35.7 Å². The molecule has 0 aliphatic carbocycles. The van der Waals surface area contributed by atoms with Crippen LogP contribution in [0.5, 0.6) is 0 Å². The first-order valence-electron chi connectivity index (χ1n) is 9.64. The van der Waals surface area contributed by atoms with E-state index in [-0.39, 0.29) is 18.4 Å². The second-order valence-corrected chi connectivity index (χ2v) is 8.34. The fourth-order valence-electron chi connectivity index (χ4n) is 3.48. The molecule has 2 amide bonds. The Kier molecular flexibility index (Phi) is 7.23. The summed E-state index contributed by atoms with van der Waals surface area (Å²) in [5, 5.41) is 5.46. The van der Waals surface area contributed by atoms with Crippen molar-refractivity contribution in [1.82, 2.24) is 10.2 Å². The van der Waals surface area contributed by atoms with Gasteiger partial charge in [0.2, 0.25) is 5.91 Å². The molecule has 1 aliphatic rings. The predicted octanol–water partition coefficient (Wildman–Crippen LogP) is 4.05. The van der Waals surface area contributed by atoms with E-state index in [0.29, 0.717) is 5.56 Å². The number of halogens is 1. The van der Waals surface area contributed by atoms with E-state index in [1.54, 1.807) is 18.2 Å². The highest BCUT2D eigenvalue weighted by Gasteiger charge is 2.16. The largest absolute Gasteiger partial charge is 0.343 e. The smallest absolute Gasteiger partial charge is 0.251 e. The van der Waals surface area contributed by atoms with Crippen molar-refractivity contribution in [2.45, 2.75) is 26.3 Å². The van der Waals surface area contributed by atoms with Crippen LogP contribution in [-0.4, -0.2) is 36.3 Å². The molecule has 0 radical (unpaired) electrons. The van der Waals surface area contributed by atoms with Crippen LogP contribution in [0.3, 0.4) is 0 Å². The maximum absolute atomic E-state index is 12.1. The Morgan fingerprint density at radius 1 is 1.18 bits per heavy atom. The summed E-state index contributed by atoms with van der Waals surface area (Å²) in [5.41, 5.74) is 2.49. The normalized spacial score (nSPS) is 17.1. The molecule has 0 aromatic heterocycles. The summed E-state index contributed by atoms with van der Waals surface area (Å²) in [5.74, 6) is 0.239. The Hall–Kier alpha value is -2.18. The second-order valence-electron chi connectivity index (χ2n) is 7.42. The summed E-state index contributed by atoms with van der Waals surface area (Å²) in [6.07, 6.45) is 2.58. The number of rotatable bonds is 6. The van der Waals surface area contributed by atoms with E-state index in [4.69, 9.17) is 0 Å². The topological polar surface area (TPSA) is 61.4 Å². The van der Waals surface area contributed by atoms with Gasteiger partial charge < -0.3 is 10.6 Å².